The third-order valence-electron chi connectivity index (χ3n) is 4.50. The molecule has 0 radical (unpaired) electrons. The molecule has 9 nitrogen and oxygen atoms in total. The summed E-state index contributed by atoms with van der Waals surface area (Å²) in [6.07, 6.45) is 3.89. The molecule has 0 spiro atoms. The summed E-state index contributed by atoms with van der Waals surface area (Å²) in [6, 6.07) is 13.7. The number of benzene rings is 2. The average molecular weight is 509 g/mol. The summed E-state index contributed by atoms with van der Waals surface area (Å²) < 4.78 is 53.1. The predicted molar refractivity (Wildman–Crippen MR) is 128 cm³/mol. The van der Waals surface area contributed by atoms with Gasteiger partial charge in [0.25, 0.3) is 10.0 Å². The topological polar surface area (TPSA) is 126 Å². The molecular weight excluding hydrogens is 488 g/mol. The monoisotopic (exact) mass is 508 g/mol. The number of anilines is 3. The molecule has 1 heterocycles. The minimum atomic E-state index is -3.85. The second-order valence-electron chi connectivity index (χ2n) is 7.08. The van der Waals surface area contributed by atoms with E-state index in [4.69, 9.17) is 11.6 Å². The summed E-state index contributed by atoms with van der Waals surface area (Å²) in [6.45, 7) is 1.44. The van der Waals surface area contributed by atoms with Gasteiger partial charge in [0.05, 0.1) is 28.7 Å². The Balaban J connectivity index is 1.76. The highest BCUT2D eigenvalue weighted by molar-refractivity contribution is 7.92. The summed E-state index contributed by atoms with van der Waals surface area (Å²) >= 11 is 5.98. The molecule has 0 unspecified atom stereocenters. The van der Waals surface area contributed by atoms with Crippen LogP contribution in [0, 0.1) is 0 Å². The molecule has 33 heavy (non-hydrogen) atoms. The van der Waals surface area contributed by atoms with Gasteiger partial charge in [-0.15, -0.1) is 0 Å². The minimum absolute atomic E-state index is 0.0194. The Hall–Kier alpha value is -3.15. The molecule has 3 rings (SSSR count). The molecule has 1 aromatic heterocycles. The van der Waals surface area contributed by atoms with E-state index in [0.29, 0.717) is 16.4 Å². The summed E-state index contributed by atoms with van der Waals surface area (Å²) in [5.41, 5.74) is 0.855. The van der Waals surface area contributed by atoms with Crippen molar-refractivity contribution in [3.05, 3.63) is 78.1 Å². The molecule has 12 heteroatoms. The van der Waals surface area contributed by atoms with Crippen molar-refractivity contribution in [2.45, 2.75) is 17.9 Å². The van der Waals surface area contributed by atoms with Crippen molar-refractivity contribution in [3.8, 4) is 0 Å². The number of sulfonamides is 2. The van der Waals surface area contributed by atoms with Crippen LogP contribution in [-0.2, 0) is 24.8 Å². The van der Waals surface area contributed by atoms with Gasteiger partial charge in [-0.05, 0) is 61.5 Å². The van der Waals surface area contributed by atoms with Crippen molar-refractivity contribution in [1.29, 1.82) is 0 Å². The van der Waals surface area contributed by atoms with Gasteiger partial charge in [0, 0.05) is 16.9 Å². The highest BCUT2D eigenvalue weighted by Crippen LogP contribution is 2.25. The van der Waals surface area contributed by atoms with Crippen LogP contribution in [0.2, 0.25) is 5.02 Å². The molecule has 3 aromatic rings. The van der Waals surface area contributed by atoms with Crippen LogP contribution < -0.4 is 14.3 Å². The van der Waals surface area contributed by atoms with Crippen LogP contribution in [0.3, 0.4) is 0 Å². The number of carbonyl (C=O) groups is 1. The first kappa shape index (κ1) is 24.5. The summed E-state index contributed by atoms with van der Waals surface area (Å²) in [5, 5.41) is 2.93. The predicted octanol–water partition coefficient (Wildman–Crippen LogP) is 3.33. The van der Waals surface area contributed by atoms with E-state index in [9.17, 15) is 21.6 Å². The molecule has 0 bridgehead atoms. The van der Waals surface area contributed by atoms with Crippen molar-refractivity contribution < 1.29 is 21.6 Å². The van der Waals surface area contributed by atoms with Gasteiger partial charge in [0.15, 0.2) is 0 Å². The number of carbonyl (C=O) groups excluding carboxylic acids is 1. The average Bonchev–Trinajstić information content (AvgIpc) is 2.73. The molecule has 2 N–H and O–H groups in total. The molecule has 2 aromatic carbocycles. The Morgan fingerprint density at radius 3 is 2.27 bits per heavy atom. The van der Waals surface area contributed by atoms with Crippen LogP contribution in [0.5, 0.6) is 0 Å². The first-order valence-corrected chi connectivity index (χ1v) is 13.3. The molecule has 1 amide bonds. The van der Waals surface area contributed by atoms with Crippen LogP contribution in [0.15, 0.2) is 78.0 Å². The van der Waals surface area contributed by atoms with Crippen LogP contribution in [-0.4, -0.2) is 40.0 Å². The number of halogens is 1. The second kappa shape index (κ2) is 9.77. The molecule has 0 aliphatic carbocycles. The molecule has 0 saturated carbocycles. The SMILES string of the molecule is C[C@H](C(=O)Nc1ccc(S(=O)(=O)Nc2cccnc2)cc1)N(c1cccc(Cl)c1)S(C)(=O)=O. The standard InChI is InChI=1S/C21H21ClN4O5S2/c1-15(26(32(2,28)29)19-7-3-5-16(22)13-19)21(27)24-17-8-10-20(11-9-17)33(30,31)25-18-6-4-12-23-14-18/h3-15,25H,1-2H3,(H,24,27)/t15-/m1/s1. The number of amides is 1. The summed E-state index contributed by atoms with van der Waals surface area (Å²) in [4.78, 5) is 16.6. The van der Waals surface area contributed by atoms with E-state index in [1.807, 2.05) is 0 Å². The molecule has 0 aliphatic rings. The van der Waals surface area contributed by atoms with Crippen LogP contribution in [0.1, 0.15) is 6.92 Å². The van der Waals surface area contributed by atoms with Crippen LogP contribution in [0.4, 0.5) is 17.1 Å². The van der Waals surface area contributed by atoms with E-state index in [1.165, 1.54) is 55.7 Å². The fourth-order valence-corrected chi connectivity index (χ4v) is 5.42. The normalized spacial score (nSPS) is 12.6. The number of nitrogens with zero attached hydrogens (tertiary/aromatic N) is 2. The van der Waals surface area contributed by atoms with E-state index in [0.717, 1.165) is 10.6 Å². The quantitative estimate of drug-likeness (QED) is 0.480. The van der Waals surface area contributed by atoms with E-state index in [-0.39, 0.29) is 10.6 Å². The summed E-state index contributed by atoms with van der Waals surface area (Å²) in [5.74, 6) is -0.607. The van der Waals surface area contributed by atoms with E-state index < -0.39 is 32.0 Å². The lowest BCUT2D eigenvalue weighted by Gasteiger charge is -2.28. The van der Waals surface area contributed by atoms with Crippen LogP contribution in [0.25, 0.3) is 0 Å². The first-order chi connectivity index (χ1) is 15.5. The number of rotatable bonds is 8. The molecular formula is C21H21ClN4O5S2. The third-order valence-corrected chi connectivity index (χ3v) is 7.37. The van der Waals surface area contributed by atoms with Crippen LogP contribution >= 0.6 is 11.6 Å². The van der Waals surface area contributed by atoms with E-state index in [1.54, 1.807) is 24.3 Å². The van der Waals surface area contributed by atoms with Gasteiger partial charge in [-0.3, -0.25) is 18.8 Å². The zero-order chi connectivity index (χ0) is 24.2. The fourth-order valence-electron chi connectivity index (χ4n) is 3.02. The van der Waals surface area contributed by atoms with E-state index >= 15 is 0 Å². The Kier molecular flexibility index (Phi) is 7.25. The Bertz CT molecular complexity index is 1350. The van der Waals surface area contributed by atoms with Crippen molar-refractivity contribution in [1.82, 2.24) is 4.98 Å². The zero-order valence-electron chi connectivity index (χ0n) is 17.6. The van der Waals surface area contributed by atoms with Gasteiger partial charge in [-0.25, -0.2) is 16.8 Å². The van der Waals surface area contributed by atoms with Gasteiger partial charge >= 0.3 is 0 Å². The van der Waals surface area contributed by atoms with Gasteiger partial charge in [0.2, 0.25) is 15.9 Å². The molecule has 0 aliphatic heterocycles. The minimum Gasteiger partial charge on any atom is -0.324 e. The van der Waals surface area contributed by atoms with Gasteiger partial charge < -0.3 is 5.32 Å². The maximum absolute atomic E-state index is 12.8. The number of hydrogen-bond acceptors (Lipinski definition) is 6. The van der Waals surface area contributed by atoms with Crippen molar-refractivity contribution in [2.24, 2.45) is 0 Å². The highest BCUT2D eigenvalue weighted by Gasteiger charge is 2.29. The molecule has 1 atom stereocenters. The number of pyridine rings is 1. The van der Waals surface area contributed by atoms with Crippen molar-refractivity contribution in [3.63, 3.8) is 0 Å². The Labute approximate surface area is 197 Å². The van der Waals surface area contributed by atoms with Crippen molar-refractivity contribution >= 4 is 54.6 Å². The lowest BCUT2D eigenvalue weighted by molar-refractivity contribution is -0.116. The van der Waals surface area contributed by atoms with Gasteiger partial charge in [-0.2, -0.15) is 0 Å². The lowest BCUT2D eigenvalue weighted by Crippen LogP contribution is -2.45. The zero-order valence-corrected chi connectivity index (χ0v) is 20.0. The maximum Gasteiger partial charge on any atom is 0.261 e. The number of aromatic nitrogens is 1. The maximum atomic E-state index is 12.8. The Morgan fingerprint density at radius 2 is 1.70 bits per heavy atom. The third kappa shape index (κ3) is 6.21. The first-order valence-electron chi connectivity index (χ1n) is 9.56. The van der Waals surface area contributed by atoms with E-state index in [2.05, 4.69) is 15.0 Å². The molecule has 174 valence electrons. The number of nitrogens with one attached hydrogen (secondary N) is 2. The van der Waals surface area contributed by atoms with Gasteiger partial charge in [-0.1, -0.05) is 17.7 Å². The smallest absolute Gasteiger partial charge is 0.261 e. The second-order valence-corrected chi connectivity index (χ2v) is 11.1. The number of hydrogen-bond donors (Lipinski definition) is 2. The summed E-state index contributed by atoms with van der Waals surface area (Å²) in [7, 11) is -7.66. The van der Waals surface area contributed by atoms with Gasteiger partial charge in [0.1, 0.15) is 6.04 Å². The fraction of sp³-hybridized carbons (Fsp3) is 0.143. The largest absolute Gasteiger partial charge is 0.324 e. The highest BCUT2D eigenvalue weighted by atomic mass is 35.5. The lowest BCUT2D eigenvalue weighted by atomic mass is 10.2. The van der Waals surface area contributed by atoms with Crippen molar-refractivity contribution in [2.75, 3.05) is 20.6 Å². The molecule has 0 fully saturated rings. The molecule has 0 saturated heterocycles. The Morgan fingerprint density at radius 1 is 1.00 bits per heavy atom.